The fourth-order valence-corrected chi connectivity index (χ4v) is 3.14. The van der Waals surface area contributed by atoms with Gasteiger partial charge in [-0.25, -0.2) is 4.79 Å². The number of piperidine rings is 1. The molecule has 0 bridgehead atoms. The lowest BCUT2D eigenvalue weighted by Crippen LogP contribution is -2.52. The summed E-state index contributed by atoms with van der Waals surface area (Å²) in [4.78, 5) is 12.4. The molecule has 0 aromatic heterocycles. The zero-order chi connectivity index (χ0) is 12.3. The zero-order valence-corrected chi connectivity index (χ0v) is 10.7. The van der Waals surface area contributed by atoms with Crippen molar-refractivity contribution in [3.05, 3.63) is 0 Å². The van der Waals surface area contributed by atoms with Crippen LogP contribution in [0.4, 0.5) is 4.79 Å². The maximum absolute atomic E-state index is 10.9. The van der Waals surface area contributed by atoms with Gasteiger partial charge in [0.05, 0.1) is 0 Å². The molecular weight excluding hydrogens is 216 g/mol. The van der Waals surface area contributed by atoms with Crippen LogP contribution in [0.3, 0.4) is 0 Å². The molecule has 17 heavy (non-hydrogen) atoms. The van der Waals surface area contributed by atoms with Gasteiger partial charge in [0.2, 0.25) is 0 Å². The van der Waals surface area contributed by atoms with Gasteiger partial charge in [-0.3, -0.25) is 0 Å². The topological polar surface area (TPSA) is 52.6 Å². The summed E-state index contributed by atoms with van der Waals surface area (Å²) < 4.78 is 0. The number of hydrogen-bond acceptors (Lipinski definition) is 2. The quantitative estimate of drug-likeness (QED) is 0.778. The van der Waals surface area contributed by atoms with E-state index < -0.39 is 6.09 Å². The Morgan fingerprint density at radius 1 is 1.24 bits per heavy atom. The SMILES string of the molecule is C[C@H]1CN(C(=O)O)CC[C@H]1NC1CCCCC1. The summed E-state index contributed by atoms with van der Waals surface area (Å²) in [6, 6.07) is 1.18. The predicted molar refractivity (Wildman–Crippen MR) is 67.2 cm³/mol. The lowest BCUT2D eigenvalue weighted by molar-refractivity contribution is 0.106. The van der Waals surface area contributed by atoms with Gasteiger partial charge in [-0.1, -0.05) is 26.2 Å². The van der Waals surface area contributed by atoms with Crippen LogP contribution in [0.5, 0.6) is 0 Å². The molecule has 4 heteroatoms. The van der Waals surface area contributed by atoms with Crippen molar-refractivity contribution in [3.8, 4) is 0 Å². The number of nitrogens with zero attached hydrogens (tertiary/aromatic N) is 1. The van der Waals surface area contributed by atoms with Crippen LogP contribution >= 0.6 is 0 Å². The first-order valence-electron chi connectivity index (χ1n) is 6.90. The van der Waals surface area contributed by atoms with Crippen molar-refractivity contribution in [1.82, 2.24) is 10.2 Å². The molecule has 2 rings (SSSR count). The maximum atomic E-state index is 10.9. The molecule has 1 aliphatic heterocycles. The summed E-state index contributed by atoms with van der Waals surface area (Å²) in [5.74, 6) is 0.432. The van der Waals surface area contributed by atoms with Gasteiger partial charge >= 0.3 is 6.09 Å². The summed E-state index contributed by atoms with van der Waals surface area (Å²) >= 11 is 0. The average Bonchev–Trinajstić information content (AvgIpc) is 2.33. The predicted octanol–water partition coefficient (Wildman–Crippen LogP) is 2.30. The molecule has 2 N–H and O–H groups in total. The molecule has 2 fully saturated rings. The highest BCUT2D eigenvalue weighted by Crippen LogP contribution is 2.22. The molecule has 0 unspecified atom stereocenters. The van der Waals surface area contributed by atoms with Crippen LogP contribution in [0, 0.1) is 5.92 Å². The maximum Gasteiger partial charge on any atom is 0.407 e. The minimum atomic E-state index is -0.770. The van der Waals surface area contributed by atoms with Crippen molar-refractivity contribution in [2.24, 2.45) is 5.92 Å². The fourth-order valence-electron chi connectivity index (χ4n) is 3.14. The Morgan fingerprint density at radius 2 is 1.94 bits per heavy atom. The molecule has 1 aliphatic carbocycles. The molecule has 1 heterocycles. The molecule has 1 amide bonds. The number of rotatable bonds is 2. The Balaban J connectivity index is 1.80. The van der Waals surface area contributed by atoms with E-state index in [4.69, 9.17) is 5.11 Å². The molecule has 0 spiro atoms. The Labute approximate surface area is 103 Å². The van der Waals surface area contributed by atoms with Gasteiger partial charge in [-0.2, -0.15) is 0 Å². The molecule has 4 nitrogen and oxygen atoms in total. The Morgan fingerprint density at radius 3 is 2.53 bits per heavy atom. The van der Waals surface area contributed by atoms with E-state index in [1.807, 2.05) is 0 Å². The molecule has 1 saturated heterocycles. The third kappa shape index (κ3) is 3.35. The van der Waals surface area contributed by atoms with E-state index in [2.05, 4.69) is 12.2 Å². The zero-order valence-electron chi connectivity index (χ0n) is 10.7. The summed E-state index contributed by atoms with van der Waals surface area (Å²) in [7, 11) is 0. The first-order valence-corrected chi connectivity index (χ1v) is 6.90. The summed E-state index contributed by atoms with van der Waals surface area (Å²) in [5.41, 5.74) is 0. The van der Waals surface area contributed by atoms with E-state index in [1.165, 1.54) is 32.1 Å². The minimum Gasteiger partial charge on any atom is -0.465 e. The van der Waals surface area contributed by atoms with Gasteiger partial charge < -0.3 is 15.3 Å². The summed E-state index contributed by atoms with van der Waals surface area (Å²) in [5, 5.41) is 12.7. The van der Waals surface area contributed by atoms with Crippen LogP contribution in [0.1, 0.15) is 45.4 Å². The van der Waals surface area contributed by atoms with Crippen molar-refractivity contribution < 1.29 is 9.90 Å². The first kappa shape index (κ1) is 12.7. The van der Waals surface area contributed by atoms with Gasteiger partial charge in [0.15, 0.2) is 0 Å². The highest BCUT2D eigenvalue weighted by Gasteiger charge is 2.29. The third-order valence-corrected chi connectivity index (χ3v) is 4.23. The monoisotopic (exact) mass is 240 g/mol. The molecule has 0 aromatic carbocycles. The van der Waals surface area contributed by atoms with Crippen LogP contribution in [0.15, 0.2) is 0 Å². The minimum absolute atomic E-state index is 0.432. The van der Waals surface area contributed by atoms with E-state index >= 15 is 0 Å². The van der Waals surface area contributed by atoms with Crippen LogP contribution in [-0.2, 0) is 0 Å². The average molecular weight is 240 g/mol. The number of carboxylic acid groups (broad SMARTS) is 1. The fraction of sp³-hybridized carbons (Fsp3) is 0.923. The van der Waals surface area contributed by atoms with E-state index in [-0.39, 0.29) is 0 Å². The largest absolute Gasteiger partial charge is 0.465 e. The molecule has 2 atom stereocenters. The second-order valence-electron chi connectivity index (χ2n) is 5.60. The van der Waals surface area contributed by atoms with Crippen molar-refractivity contribution in [1.29, 1.82) is 0 Å². The van der Waals surface area contributed by atoms with Crippen LogP contribution < -0.4 is 5.32 Å². The van der Waals surface area contributed by atoms with Gasteiger partial charge in [0, 0.05) is 25.2 Å². The third-order valence-electron chi connectivity index (χ3n) is 4.23. The number of nitrogens with one attached hydrogen (secondary N) is 1. The van der Waals surface area contributed by atoms with Crippen LogP contribution in [-0.4, -0.2) is 41.3 Å². The van der Waals surface area contributed by atoms with E-state index in [0.29, 0.717) is 31.1 Å². The molecular formula is C13H24N2O2. The van der Waals surface area contributed by atoms with E-state index in [0.717, 1.165) is 6.42 Å². The van der Waals surface area contributed by atoms with Gasteiger partial charge in [0.1, 0.15) is 0 Å². The Hall–Kier alpha value is -0.770. The van der Waals surface area contributed by atoms with E-state index in [1.54, 1.807) is 4.90 Å². The standard InChI is InChI=1S/C13H24N2O2/c1-10-9-15(13(16)17)8-7-12(10)14-11-5-3-2-4-6-11/h10-12,14H,2-9H2,1H3,(H,16,17)/t10-,12+/m0/s1. The van der Waals surface area contributed by atoms with Crippen molar-refractivity contribution >= 4 is 6.09 Å². The highest BCUT2D eigenvalue weighted by molar-refractivity contribution is 5.65. The van der Waals surface area contributed by atoms with Crippen molar-refractivity contribution in [2.75, 3.05) is 13.1 Å². The van der Waals surface area contributed by atoms with Crippen molar-refractivity contribution in [3.63, 3.8) is 0 Å². The Bertz CT molecular complexity index is 264. The Kier molecular flexibility index (Phi) is 4.26. The number of amides is 1. The highest BCUT2D eigenvalue weighted by atomic mass is 16.4. The summed E-state index contributed by atoms with van der Waals surface area (Å²) in [6.07, 6.45) is 6.86. The molecule has 0 aromatic rings. The van der Waals surface area contributed by atoms with E-state index in [9.17, 15) is 4.79 Å². The number of hydrogen-bond donors (Lipinski definition) is 2. The second kappa shape index (κ2) is 5.71. The smallest absolute Gasteiger partial charge is 0.407 e. The van der Waals surface area contributed by atoms with Crippen LogP contribution in [0.2, 0.25) is 0 Å². The lowest BCUT2D eigenvalue weighted by Gasteiger charge is -2.38. The van der Waals surface area contributed by atoms with Gasteiger partial charge in [-0.05, 0) is 25.2 Å². The number of likely N-dealkylation sites (tertiary alicyclic amines) is 1. The molecule has 2 aliphatic rings. The molecule has 98 valence electrons. The van der Waals surface area contributed by atoms with Crippen molar-refractivity contribution in [2.45, 2.75) is 57.5 Å². The van der Waals surface area contributed by atoms with Gasteiger partial charge in [0.25, 0.3) is 0 Å². The molecule has 1 saturated carbocycles. The second-order valence-corrected chi connectivity index (χ2v) is 5.60. The lowest BCUT2D eigenvalue weighted by atomic mass is 9.90. The van der Waals surface area contributed by atoms with Crippen LogP contribution in [0.25, 0.3) is 0 Å². The first-order chi connectivity index (χ1) is 8.16. The van der Waals surface area contributed by atoms with Gasteiger partial charge in [-0.15, -0.1) is 0 Å². The molecule has 0 radical (unpaired) electrons. The summed E-state index contributed by atoms with van der Waals surface area (Å²) in [6.45, 7) is 3.53. The number of carbonyl (C=O) groups is 1. The normalized spacial score (nSPS) is 31.5.